The van der Waals surface area contributed by atoms with Crippen molar-refractivity contribution in [1.29, 1.82) is 0 Å². The molecule has 1 aliphatic carbocycles. The number of rotatable bonds is 3. The highest BCUT2D eigenvalue weighted by molar-refractivity contribution is 6.16. The molecular weight excluding hydrogens is 585 g/mol. The van der Waals surface area contributed by atoms with Gasteiger partial charge in [-0.15, -0.1) is 0 Å². The van der Waals surface area contributed by atoms with E-state index in [4.69, 9.17) is 4.98 Å². The van der Waals surface area contributed by atoms with Crippen LogP contribution in [0.2, 0.25) is 0 Å². The Bertz CT molecular complexity index is 2950. The molecule has 0 radical (unpaired) electrons. The molecule has 0 amide bonds. The summed E-state index contributed by atoms with van der Waals surface area (Å²) in [7, 11) is 0. The van der Waals surface area contributed by atoms with Crippen LogP contribution in [0.5, 0.6) is 0 Å². The summed E-state index contributed by atoms with van der Waals surface area (Å²) in [6, 6.07) is 52.6. The lowest BCUT2D eigenvalue weighted by molar-refractivity contribution is 1.10. The fourth-order valence-electron chi connectivity index (χ4n) is 8.07. The zero-order valence-electron chi connectivity index (χ0n) is 25.8. The molecule has 4 aromatic heterocycles. The summed E-state index contributed by atoms with van der Waals surface area (Å²) in [5, 5.41) is 6.13. The average Bonchev–Trinajstić information content (AvgIpc) is 3.78. The van der Waals surface area contributed by atoms with E-state index in [0.29, 0.717) is 0 Å². The predicted molar refractivity (Wildman–Crippen MR) is 198 cm³/mol. The third-order valence-electron chi connectivity index (χ3n) is 10.1. The molecule has 6 aromatic carbocycles. The van der Waals surface area contributed by atoms with Crippen molar-refractivity contribution in [2.75, 3.05) is 0 Å². The Morgan fingerprint density at radius 1 is 0.417 bits per heavy atom. The van der Waals surface area contributed by atoms with Gasteiger partial charge in [0.05, 0.1) is 27.6 Å². The van der Waals surface area contributed by atoms with Crippen LogP contribution in [0.4, 0.5) is 0 Å². The topological polar surface area (TPSA) is 35.6 Å². The Kier molecular flexibility index (Phi) is 5.08. The summed E-state index contributed by atoms with van der Waals surface area (Å²) in [5.41, 5.74) is 14.0. The number of pyridine rings is 2. The van der Waals surface area contributed by atoms with E-state index in [1.165, 1.54) is 71.5 Å². The van der Waals surface area contributed by atoms with Crippen LogP contribution in [0, 0.1) is 0 Å². The van der Waals surface area contributed by atoms with Gasteiger partial charge in [-0.3, -0.25) is 9.55 Å². The van der Waals surface area contributed by atoms with E-state index in [1.54, 1.807) is 0 Å². The molecule has 0 atom stereocenters. The Morgan fingerprint density at radius 2 is 1.12 bits per heavy atom. The number of hydrogen-bond donors (Lipinski definition) is 0. The van der Waals surface area contributed by atoms with Gasteiger partial charge in [-0.2, -0.15) is 0 Å². The summed E-state index contributed by atoms with van der Waals surface area (Å²) >= 11 is 0. The van der Waals surface area contributed by atoms with Gasteiger partial charge in [-0.05, 0) is 88.5 Å². The van der Waals surface area contributed by atoms with Gasteiger partial charge in [0.2, 0.25) is 0 Å². The van der Waals surface area contributed by atoms with Crippen molar-refractivity contribution >= 4 is 54.5 Å². The molecule has 0 unspecified atom stereocenters. The summed E-state index contributed by atoms with van der Waals surface area (Å²) in [4.78, 5) is 9.81. The molecular formula is C44H26N4. The van der Waals surface area contributed by atoms with Crippen LogP contribution in [0.3, 0.4) is 0 Å². The van der Waals surface area contributed by atoms with Gasteiger partial charge in [-0.25, -0.2) is 4.98 Å². The van der Waals surface area contributed by atoms with Crippen LogP contribution in [0.25, 0.3) is 99.4 Å². The van der Waals surface area contributed by atoms with E-state index in [-0.39, 0.29) is 0 Å². The Hall–Kier alpha value is -6.52. The van der Waals surface area contributed by atoms with Crippen LogP contribution in [-0.4, -0.2) is 19.1 Å². The van der Waals surface area contributed by atoms with E-state index in [2.05, 4.69) is 160 Å². The first-order chi connectivity index (χ1) is 23.8. The summed E-state index contributed by atoms with van der Waals surface area (Å²) in [6.45, 7) is 0. The predicted octanol–water partition coefficient (Wildman–Crippen LogP) is 11.1. The number of nitrogens with zero attached hydrogens (tertiary/aromatic N) is 4. The van der Waals surface area contributed by atoms with E-state index < -0.39 is 0 Å². The van der Waals surface area contributed by atoms with Crippen LogP contribution in [-0.2, 0) is 0 Å². The molecule has 1 aliphatic rings. The number of fused-ring (bicyclic) bond motifs is 9. The van der Waals surface area contributed by atoms with Crippen LogP contribution >= 0.6 is 0 Å². The Morgan fingerprint density at radius 3 is 2.00 bits per heavy atom. The molecule has 0 aliphatic heterocycles. The fraction of sp³-hybridized carbons (Fsp3) is 0. The van der Waals surface area contributed by atoms with Crippen LogP contribution < -0.4 is 0 Å². The van der Waals surface area contributed by atoms with Gasteiger partial charge in [-0.1, -0.05) is 84.9 Å². The van der Waals surface area contributed by atoms with Crippen molar-refractivity contribution in [1.82, 2.24) is 19.1 Å². The van der Waals surface area contributed by atoms with Crippen molar-refractivity contribution in [3.63, 3.8) is 0 Å². The zero-order valence-corrected chi connectivity index (χ0v) is 25.8. The highest BCUT2D eigenvalue weighted by Gasteiger charge is 2.24. The first kappa shape index (κ1) is 25.6. The summed E-state index contributed by atoms with van der Waals surface area (Å²) in [5.74, 6) is 0.913. The van der Waals surface area contributed by atoms with E-state index >= 15 is 0 Å². The van der Waals surface area contributed by atoms with Gasteiger partial charge < -0.3 is 4.57 Å². The molecule has 222 valence electrons. The van der Waals surface area contributed by atoms with Crippen molar-refractivity contribution < 1.29 is 0 Å². The first-order valence-electron chi connectivity index (χ1n) is 16.3. The quantitative estimate of drug-likeness (QED) is 0.199. The monoisotopic (exact) mass is 610 g/mol. The molecule has 4 nitrogen and oxygen atoms in total. The minimum Gasteiger partial charge on any atom is -0.309 e. The lowest BCUT2D eigenvalue weighted by Crippen LogP contribution is -1.98. The molecule has 10 aromatic rings. The van der Waals surface area contributed by atoms with E-state index in [0.717, 1.165) is 27.9 Å². The maximum atomic E-state index is 5.31. The largest absolute Gasteiger partial charge is 0.309 e. The molecule has 0 saturated carbocycles. The van der Waals surface area contributed by atoms with Gasteiger partial charge >= 0.3 is 0 Å². The molecule has 4 heteroatoms. The first-order valence-corrected chi connectivity index (χ1v) is 16.3. The zero-order chi connectivity index (χ0) is 31.3. The minimum absolute atomic E-state index is 0.913. The molecule has 0 fully saturated rings. The molecule has 0 saturated heterocycles. The van der Waals surface area contributed by atoms with E-state index in [9.17, 15) is 0 Å². The molecule has 0 spiro atoms. The van der Waals surface area contributed by atoms with Crippen molar-refractivity contribution in [2.24, 2.45) is 0 Å². The lowest BCUT2D eigenvalue weighted by Gasteiger charge is -2.11. The highest BCUT2D eigenvalue weighted by Crippen LogP contribution is 2.47. The highest BCUT2D eigenvalue weighted by atomic mass is 15.1. The molecule has 11 rings (SSSR count). The average molecular weight is 611 g/mol. The third kappa shape index (κ3) is 3.43. The minimum atomic E-state index is 0.913. The molecule has 48 heavy (non-hydrogen) atoms. The van der Waals surface area contributed by atoms with Crippen molar-refractivity contribution in [3.05, 3.63) is 158 Å². The third-order valence-corrected chi connectivity index (χ3v) is 10.1. The number of aromatic nitrogens is 4. The van der Waals surface area contributed by atoms with Crippen molar-refractivity contribution in [3.8, 4) is 44.9 Å². The maximum Gasteiger partial charge on any atom is 0.138 e. The molecule has 0 N–H and O–H groups in total. The number of benzene rings is 6. The Balaban J connectivity index is 1.15. The Labute approximate surface area is 275 Å². The van der Waals surface area contributed by atoms with Gasteiger partial charge in [0.1, 0.15) is 5.82 Å². The lowest BCUT2D eigenvalue weighted by atomic mass is 10.0. The maximum absolute atomic E-state index is 5.31. The van der Waals surface area contributed by atoms with Gasteiger partial charge in [0.25, 0.3) is 0 Å². The summed E-state index contributed by atoms with van der Waals surface area (Å²) < 4.78 is 4.70. The molecule has 4 heterocycles. The van der Waals surface area contributed by atoms with Crippen LogP contribution in [0.15, 0.2) is 158 Å². The fourth-order valence-corrected chi connectivity index (χ4v) is 8.07. The second-order valence-corrected chi connectivity index (χ2v) is 12.7. The standard InChI is InChI=1S/C44H26N4/c1-2-9-29(10-3-1)47-39-15-6-5-12-32(39)35-23-27(18-20-41(35)47)28-17-19-33-31-11-4-7-16-40(31)48(42(33)24-28)43-25-36-37-26-45-22-21-30(37)34-13-8-14-38(46-43)44(34)36/h1-26H. The number of para-hydroxylation sites is 3. The second kappa shape index (κ2) is 9.50. The number of hydrogen-bond acceptors (Lipinski definition) is 2. The summed E-state index contributed by atoms with van der Waals surface area (Å²) in [6.07, 6.45) is 3.87. The normalized spacial score (nSPS) is 12.2. The van der Waals surface area contributed by atoms with Crippen LogP contribution in [0.1, 0.15) is 0 Å². The second-order valence-electron chi connectivity index (χ2n) is 12.7. The molecule has 0 bridgehead atoms. The van der Waals surface area contributed by atoms with Gasteiger partial charge in [0.15, 0.2) is 0 Å². The smallest absolute Gasteiger partial charge is 0.138 e. The van der Waals surface area contributed by atoms with Crippen molar-refractivity contribution in [2.45, 2.75) is 0 Å². The van der Waals surface area contributed by atoms with Gasteiger partial charge in [0, 0.05) is 50.6 Å². The van der Waals surface area contributed by atoms with E-state index in [1.807, 2.05) is 12.4 Å². The SMILES string of the molecule is c1ccc(-n2c3ccccc3c3cc(-c4ccc5c6ccccc6n(-c6cc7c8c(cccc8n6)-c6ccncc6-7)c5c4)ccc32)cc1.